The lowest BCUT2D eigenvalue weighted by molar-refractivity contribution is -0.0513. The molecule has 0 aromatic carbocycles. The Hall–Kier alpha value is -1.36. The van der Waals surface area contributed by atoms with Crippen molar-refractivity contribution in [1.82, 2.24) is 9.97 Å². The average Bonchev–Trinajstić information content (AvgIpc) is 2.26. The summed E-state index contributed by atoms with van der Waals surface area (Å²) in [4.78, 5) is 8.73. The van der Waals surface area contributed by atoms with E-state index in [4.69, 9.17) is 4.74 Å². The number of aryl methyl sites for hydroxylation is 1. The summed E-state index contributed by atoms with van der Waals surface area (Å²) in [5.41, 5.74) is 0.720. The Bertz CT molecular complexity index is 460. The Kier molecular flexibility index (Phi) is 3.67. The van der Waals surface area contributed by atoms with Crippen LogP contribution in [-0.2, 0) is 0 Å². The highest BCUT2D eigenvalue weighted by molar-refractivity contribution is 5.34. The summed E-state index contributed by atoms with van der Waals surface area (Å²) in [7, 11) is 0. The normalized spacial score (nSPS) is 25.0. The molecule has 0 amide bonds. The van der Waals surface area contributed by atoms with E-state index in [0.29, 0.717) is 11.8 Å². The van der Waals surface area contributed by atoms with Crippen LogP contribution in [0.1, 0.15) is 39.8 Å². The number of ether oxygens (including phenoxy) is 1. The topological polar surface area (TPSA) is 67.3 Å². The first kappa shape index (κ1) is 14.1. The molecule has 1 aliphatic rings. The van der Waals surface area contributed by atoms with Gasteiger partial charge in [0.05, 0.1) is 12.2 Å². The molecular weight excluding hydrogens is 242 g/mol. The monoisotopic (exact) mass is 265 g/mol. The van der Waals surface area contributed by atoms with Crippen LogP contribution in [0.4, 0.5) is 5.95 Å². The number of nitrogens with zero attached hydrogens (tertiary/aromatic N) is 2. The van der Waals surface area contributed by atoms with Crippen LogP contribution in [0.15, 0.2) is 6.07 Å². The number of rotatable bonds is 4. The van der Waals surface area contributed by atoms with Gasteiger partial charge in [0.25, 0.3) is 0 Å². The van der Waals surface area contributed by atoms with E-state index in [1.54, 1.807) is 0 Å². The van der Waals surface area contributed by atoms with Crippen molar-refractivity contribution >= 4 is 5.95 Å². The highest BCUT2D eigenvalue weighted by Gasteiger charge is 2.47. The van der Waals surface area contributed by atoms with E-state index in [1.165, 1.54) is 0 Å². The van der Waals surface area contributed by atoms with Crippen LogP contribution < -0.4 is 10.1 Å². The quantitative estimate of drug-likeness (QED) is 0.873. The molecule has 1 fully saturated rings. The first-order valence-electron chi connectivity index (χ1n) is 6.76. The predicted molar refractivity (Wildman–Crippen MR) is 74.3 cm³/mol. The summed E-state index contributed by atoms with van der Waals surface area (Å²) in [5, 5.41) is 13.0. The number of aliphatic hydroxyl groups excluding tert-OH is 1. The van der Waals surface area contributed by atoms with Gasteiger partial charge in [-0.25, -0.2) is 4.98 Å². The van der Waals surface area contributed by atoms with E-state index in [2.05, 4.69) is 15.3 Å². The summed E-state index contributed by atoms with van der Waals surface area (Å²) in [6, 6.07) is 2.02. The zero-order chi connectivity index (χ0) is 14.2. The van der Waals surface area contributed by atoms with Gasteiger partial charge in [-0.1, -0.05) is 13.8 Å². The van der Waals surface area contributed by atoms with Crippen molar-refractivity contribution in [2.45, 2.75) is 59.3 Å². The van der Waals surface area contributed by atoms with Crippen molar-refractivity contribution in [2.24, 2.45) is 5.41 Å². The molecule has 2 N–H and O–H groups in total. The van der Waals surface area contributed by atoms with Gasteiger partial charge in [-0.15, -0.1) is 0 Å². The predicted octanol–water partition coefficient (Wildman–Crippen LogP) is 2.14. The second-order valence-corrected chi connectivity index (χ2v) is 6.11. The summed E-state index contributed by atoms with van der Waals surface area (Å²) in [5.74, 6) is 1.16. The number of anilines is 1. The van der Waals surface area contributed by atoms with Gasteiger partial charge in [-0.2, -0.15) is 4.98 Å². The van der Waals surface area contributed by atoms with Crippen LogP contribution in [0.2, 0.25) is 0 Å². The molecule has 2 unspecified atom stereocenters. The van der Waals surface area contributed by atoms with Crippen molar-refractivity contribution in [3.63, 3.8) is 0 Å². The highest BCUT2D eigenvalue weighted by atomic mass is 16.5. The molecule has 1 aromatic rings. The third-order valence-electron chi connectivity index (χ3n) is 3.71. The fourth-order valence-corrected chi connectivity index (χ4v) is 2.21. The molecule has 5 nitrogen and oxygen atoms in total. The maximum absolute atomic E-state index is 9.75. The molecule has 2 rings (SSSR count). The van der Waals surface area contributed by atoms with E-state index < -0.39 is 0 Å². The van der Waals surface area contributed by atoms with Crippen LogP contribution in [-0.4, -0.2) is 33.3 Å². The van der Waals surface area contributed by atoms with Gasteiger partial charge in [0.1, 0.15) is 0 Å². The first-order valence-corrected chi connectivity index (χ1v) is 6.76. The molecule has 0 radical (unpaired) electrons. The van der Waals surface area contributed by atoms with Gasteiger partial charge >= 0.3 is 0 Å². The van der Waals surface area contributed by atoms with Gasteiger partial charge < -0.3 is 15.2 Å². The van der Waals surface area contributed by atoms with Crippen molar-refractivity contribution in [3.8, 4) is 5.88 Å². The highest BCUT2D eigenvalue weighted by Crippen LogP contribution is 2.41. The Labute approximate surface area is 114 Å². The van der Waals surface area contributed by atoms with Gasteiger partial charge in [-0.05, 0) is 27.2 Å². The maximum Gasteiger partial charge on any atom is 0.226 e. The van der Waals surface area contributed by atoms with Crippen molar-refractivity contribution in [3.05, 3.63) is 11.8 Å². The standard InChI is InChI=1S/C14H23N3O2/c1-8(2)19-12-6-9(3)15-13(17-12)16-10-7-11(18)14(10,4)5/h6,8,10-11,18H,7H2,1-5H3,(H,15,16,17). The van der Waals surface area contributed by atoms with Gasteiger partial charge in [-0.3, -0.25) is 0 Å². The van der Waals surface area contributed by atoms with Crippen LogP contribution >= 0.6 is 0 Å². The average molecular weight is 265 g/mol. The molecule has 1 heterocycles. The first-order chi connectivity index (χ1) is 8.79. The molecule has 5 heteroatoms. The zero-order valence-electron chi connectivity index (χ0n) is 12.3. The molecule has 19 heavy (non-hydrogen) atoms. The van der Waals surface area contributed by atoms with E-state index in [0.717, 1.165) is 12.1 Å². The van der Waals surface area contributed by atoms with E-state index in [-0.39, 0.29) is 23.7 Å². The third kappa shape index (κ3) is 2.97. The molecule has 0 aliphatic heterocycles. The fourth-order valence-electron chi connectivity index (χ4n) is 2.21. The van der Waals surface area contributed by atoms with E-state index >= 15 is 0 Å². The molecule has 1 aliphatic carbocycles. The summed E-state index contributed by atoms with van der Waals surface area (Å²) >= 11 is 0. The fraction of sp³-hybridized carbons (Fsp3) is 0.714. The number of aromatic nitrogens is 2. The smallest absolute Gasteiger partial charge is 0.226 e. The van der Waals surface area contributed by atoms with Crippen LogP contribution in [0.3, 0.4) is 0 Å². The summed E-state index contributed by atoms with van der Waals surface area (Å²) in [6.07, 6.45) is 0.551. The molecular formula is C14H23N3O2. The zero-order valence-corrected chi connectivity index (χ0v) is 12.3. The molecule has 2 atom stereocenters. The van der Waals surface area contributed by atoms with E-state index in [9.17, 15) is 5.11 Å². The number of hydrogen-bond acceptors (Lipinski definition) is 5. The molecule has 0 bridgehead atoms. The van der Waals surface area contributed by atoms with Crippen LogP contribution in [0.5, 0.6) is 5.88 Å². The van der Waals surface area contributed by atoms with E-state index in [1.807, 2.05) is 40.7 Å². The van der Waals surface area contributed by atoms with Gasteiger partial charge in [0, 0.05) is 23.2 Å². The second-order valence-electron chi connectivity index (χ2n) is 6.11. The number of aliphatic hydroxyl groups is 1. The molecule has 0 spiro atoms. The lowest BCUT2D eigenvalue weighted by atomic mass is 9.65. The Morgan fingerprint density at radius 2 is 2.11 bits per heavy atom. The van der Waals surface area contributed by atoms with Gasteiger partial charge in [0.15, 0.2) is 0 Å². The maximum atomic E-state index is 9.75. The summed E-state index contributed by atoms with van der Waals surface area (Å²) in [6.45, 7) is 9.94. The second kappa shape index (κ2) is 4.96. The Balaban J connectivity index is 2.10. The lowest BCUT2D eigenvalue weighted by Crippen LogP contribution is -2.57. The largest absolute Gasteiger partial charge is 0.475 e. The van der Waals surface area contributed by atoms with Crippen molar-refractivity contribution < 1.29 is 9.84 Å². The summed E-state index contributed by atoms with van der Waals surface area (Å²) < 4.78 is 5.60. The van der Waals surface area contributed by atoms with Crippen molar-refractivity contribution in [2.75, 3.05) is 5.32 Å². The minimum Gasteiger partial charge on any atom is -0.475 e. The minimum absolute atomic E-state index is 0.0871. The Morgan fingerprint density at radius 3 is 2.63 bits per heavy atom. The SMILES string of the molecule is Cc1cc(OC(C)C)nc(NC2CC(O)C2(C)C)n1. The molecule has 106 valence electrons. The Morgan fingerprint density at radius 1 is 1.42 bits per heavy atom. The third-order valence-corrected chi connectivity index (χ3v) is 3.71. The van der Waals surface area contributed by atoms with Gasteiger partial charge in [0.2, 0.25) is 11.8 Å². The number of hydrogen-bond donors (Lipinski definition) is 2. The minimum atomic E-state index is -0.263. The molecule has 0 saturated heterocycles. The number of nitrogens with one attached hydrogen (secondary N) is 1. The lowest BCUT2D eigenvalue weighted by Gasteiger charge is -2.49. The van der Waals surface area contributed by atoms with Crippen molar-refractivity contribution in [1.29, 1.82) is 0 Å². The molecule has 1 aromatic heterocycles. The molecule has 1 saturated carbocycles. The van der Waals surface area contributed by atoms with Crippen LogP contribution in [0, 0.1) is 12.3 Å². The van der Waals surface area contributed by atoms with Crippen LogP contribution in [0.25, 0.3) is 0 Å².